The molecule has 0 radical (unpaired) electrons. The zero-order valence-corrected chi connectivity index (χ0v) is 23.2. The zero-order valence-electron chi connectivity index (χ0n) is 23.2. The molecule has 2 rings (SSSR count). The van der Waals surface area contributed by atoms with Gasteiger partial charge in [0.15, 0.2) is 0 Å². The first-order chi connectivity index (χ1) is 16.4. The van der Waals surface area contributed by atoms with Gasteiger partial charge in [0.25, 0.3) is 0 Å². The Morgan fingerprint density at radius 3 is 1.34 bits per heavy atom. The minimum Gasteiger partial charge on any atom is -0.507 e. The maximum atomic E-state index is 10.9. The molecule has 0 saturated heterocycles. The normalized spacial score (nSPS) is 12.8. The molecule has 0 aliphatic rings. The van der Waals surface area contributed by atoms with Crippen LogP contribution in [0.5, 0.6) is 11.5 Å². The molecule has 35 heavy (non-hydrogen) atoms. The van der Waals surface area contributed by atoms with Gasteiger partial charge in [0.05, 0.1) is 0 Å². The second kappa shape index (κ2) is 12.4. The molecule has 2 aromatic carbocycles. The number of aliphatic imine (C=N–C) groups is 2. The number of nitrogens with zero attached hydrogens (tertiary/aromatic N) is 2. The van der Waals surface area contributed by atoms with E-state index in [-0.39, 0.29) is 17.5 Å². The lowest BCUT2D eigenvalue weighted by Gasteiger charge is -2.22. The van der Waals surface area contributed by atoms with E-state index >= 15 is 0 Å². The van der Waals surface area contributed by atoms with Crippen LogP contribution in [0.2, 0.25) is 0 Å². The highest BCUT2D eigenvalue weighted by Crippen LogP contribution is 2.35. The fourth-order valence-corrected chi connectivity index (χ4v) is 4.15. The van der Waals surface area contributed by atoms with Crippen molar-refractivity contribution >= 4 is 12.4 Å². The number of benzene rings is 2. The van der Waals surface area contributed by atoms with Gasteiger partial charge in [0, 0.05) is 34.7 Å². The van der Waals surface area contributed by atoms with E-state index in [2.05, 4.69) is 77.5 Å². The summed E-state index contributed by atoms with van der Waals surface area (Å²) < 4.78 is 0. The Labute approximate surface area is 213 Å². The van der Waals surface area contributed by atoms with Gasteiger partial charge < -0.3 is 10.2 Å². The van der Waals surface area contributed by atoms with Crippen molar-refractivity contribution < 1.29 is 10.2 Å². The van der Waals surface area contributed by atoms with E-state index in [0.29, 0.717) is 11.5 Å². The summed E-state index contributed by atoms with van der Waals surface area (Å²) in [6.45, 7) is 17.3. The molecule has 0 saturated carbocycles. The number of phenols is 2. The van der Waals surface area contributed by atoms with Crippen LogP contribution in [0, 0.1) is 0 Å². The first-order valence-electron chi connectivity index (χ1n) is 13.1. The van der Waals surface area contributed by atoms with Gasteiger partial charge in [0.2, 0.25) is 0 Å². The van der Waals surface area contributed by atoms with Gasteiger partial charge in [-0.1, -0.05) is 80.4 Å². The van der Waals surface area contributed by atoms with Crippen molar-refractivity contribution in [3.8, 4) is 11.5 Å². The molecule has 2 aromatic rings. The standard InChI is InChI=1S/C31H46N2O2/c1-9-11-13-22-15-24(28(34)26(17-22)30(3,4)5)19-32-21-33-20-25-16-23(14-12-10-2)18-27(29(25)35)31(6,7)8/h15-20,34-35H,9-14,21H2,1-8H3. The first-order valence-corrected chi connectivity index (χ1v) is 13.1. The van der Waals surface area contributed by atoms with Gasteiger partial charge >= 0.3 is 0 Å². The topological polar surface area (TPSA) is 65.2 Å². The van der Waals surface area contributed by atoms with Crippen LogP contribution in [0.3, 0.4) is 0 Å². The van der Waals surface area contributed by atoms with E-state index < -0.39 is 0 Å². The Bertz CT molecular complexity index is 954. The third-order valence-corrected chi connectivity index (χ3v) is 6.28. The van der Waals surface area contributed by atoms with Gasteiger partial charge in [-0.2, -0.15) is 0 Å². The van der Waals surface area contributed by atoms with Crippen LogP contribution in [0.25, 0.3) is 0 Å². The molecule has 192 valence electrons. The Morgan fingerprint density at radius 2 is 1.03 bits per heavy atom. The number of aromatic hydroxyl groups is 2. The van der Waals surface area contributed by atoms with Gasteiger partial charge in [-0.05, 0) is 59.8 Å². The molecule has 0 amide bonds. The zero-order chi connectivity index (χ0) is 26.2. The summed E-state index contributed by atoms with van der Waals surface area (Å²) in [7, 11) is 0. The summed E-state index contributed by atoms with van der Waals surface area (Å²) in [5.41, 5.74) is 5.50. The Morgan fingerprint density at radius 1 is 0.657 bits per heavy atom. The highest BCUT2D eigenvalue weighted by molar-refractivity contribution is 5.86. The average Bonchev–Trinajstić information content (AvgIpc) is 2.77. The Hall–Kier alpha value is -2.62. The van der Waals surface area contributed by atoms with E-state index in [0.717, 1.165) is 60.8 Å². The predicted molar refractivity (Wildman–Crippen MR) is 151 cm³/mol. The third kappa shape index (κ3) is 8.23. The Balaban J connectivity index is 2.28. The number of rotatable bonds is 10. The van der Waals surface area contributed by atoms with Crippen LogP contribution < -0.4 is 0 Å². The van der Waals surface area contributed by atoms with Crippen molar-refractivity contribution in [2.24, 2.45) is 9.98 Å². The van der Waals surface area contributed by atoms with Crippen LogP contribution in [0.4, 0.5) is 0 Å². The van der Waals surface area contributed by atoms with E-state index in [4.69, 9.17) is 0 Å². The van der Waals surface area contributed by atoms with Crippen LogP contribution in [-0.4, -0.2) is 29.3 Å². The molecular weight excluding hydrogens is 432 g/mol. The summed E-state index contributed by atoms with van der Waals surface area (Å²) >= 11 is 0. The quantitative estimate of drug-likeness (QED) is 0.341. The fraction of sp³-hybridized carbons (Fsp3) is 0.548. The third-order valence-electron chi connectivity index (χ3n) is 6.28. The van der Waals surface area contributed by atoms with Crippen LogP contribution in [0.15, 0.2) is 34.3 Å². The van der Waals surface area contributed by atoms with Crippen molar-refractivity contribution in [2.75, 3.05) is 6.67 Å². The number of aryl methyl sites for hydroxylation is 2. The largest absolute Gasteiger partial charge is 0.507 e. The van der Waals surface area contributed by atoms with E-state index in [1.807, 2.05) is 12.1 Å². The van der Waals surface area contributed by atoms with Crippen molar-refractivity contribution in [2.45, 2.75) is 105 Å². The van der Waals surface area contributed by atoms with Crippen LogP contribution in [0.1, 0.15) is 114 Å². The van der Waals surface area contributed by atoms with E-state index in [1.165, 1.54) is 11.1 Å². The molecule has 0 aliphatic carbocycles. The van der Waals surface area contributed by atoms with Crippen molar-refractivity contribution in [1.82, 2.24) is 0 Å². The van der Waals surface area contributed by atoms with Gasteiger partial charge in [-0.3, -0.25) is 9.98 Å². The molecular formula is C31H46N2O2. The molecule has 0 spiro atoms. The lowest BCUT2D eigenvalue weighted by atomic mass is 9.83. The number of unbranched alkanes of at least 4 members (excludes halogenated alkanes) is 2. The molecule has 0 bridgehead atoms. The van der Waals surface area contributed by atoms with Crippen LogP contribution >= 0.6 is 0 Å². The summed E-state index contributed by atoms with van der Waals surface area (Å²) in [5, 5.41) is 21.8. The summed E-state index contributed by atoms with van der Waals surface area (Å²) in [5.74, 6) is 0.586. The van der Waals surface area contributed by atoms with Crippen molar-refractivity contribution in [1.29, 1.82) is 0 Å². The molecule has 4 heteroatoms. The number of hydrogen-bond donors (Lipinski definition) is 2. The number of phenolic OH excluding ortho intramolecular Hbond substituents is 2. The first kappa shape index (κ1) is 28.6. The van der Waals surface area contributed by atoms with E-state index in [1.54, 1.807) is 12.4 Å². The molecule has 2 N–H and O–H groups in total. The summed E-state index contributed by atoms with van der Waals surface area (Å²) in [6, 6.07) is 8.32. The smallest absolute Gasteiger partial charge is 0.129 e. The number of hydrogen-bond acceptors (Lipinski definition) is 4. The SMILES string of the molecule is CCCCc1cc(C=NCN=Cc2cc(CCCC)cc(C(C)(C)C)c2O)c(O)c(C(C)(C)C)c1. The average molecular weight is 479 g/mol. The minimum absolute atomic E-state index is 0.155. The second-order valence-electron chi connectivity index (χ2n) is 11.6. The van der Waals surface area contributed by atoms with Crippen molar-refractivity contribution in [3.05, 3.63) is 57.6 Å². The molecule has 0 fully saturated rings. The lowest BCUT2D eigenvalue weighted by molar-refractivity contribution is 0.444. The molecule has 4 nitrogen and oxygen atoms in total. The molecule has 0 aromatic heterocycles. The van der Waals surface area contributed by atoms with E-state index in [9.17, 15) is 10.2 Å². The minimum atomic E-state index is -0.155. The van der Waals surface area contributed by atoms with Crippen LogP contribution in [-0.2, 0) is 23.7 Å². The maximum Gasteiger partial charge on any atom is 0.129 e. The molecule has 0 aliphatic heterocycles. The fourth-order valence-electron chi connectivity index (χ4n) is 4.15. The highest BCUT2D eigenvalue weighted by atomic mass is 16.3. The predicted octanol–water partition coefficient (Wildman–Crippen LogP) is 7.87. The summed E-state index contributed by atoms with van der Waals surface area (Å²) in [4.78, 5) is 8.94. The lowest BCUT2D eigenvalue weighted by Crippen LogP contribution is -2.13. The van der Waals surface area contributed by atoms with Crippen molar-refractivity contribution in [3.63, 3.8) is 0 Å². The second-order valence-corrected chi connectivity index (χ2v) is 11.6. The van der Waals surface area contributed by atoms with Gasteiger partial charge in [-0.15, -0.1) is 0 Å². The summed E-state index contributed by atoms with van der Waals surface area (Å²) in [6.07, 6.45) is 9.91. The monoisotopic (exact) mass is 478 g/mol. The molecule has 0 heterocycles. The Kier molecular flexibility index (Phi) is 10.1. The van der Waals surface area contributed by atoms with Gasteiger partial charge in [0.1, 0.15) is 18.2 Å². The molecule has 0 atom stereocenters. The molecule has 0 unspecified atom stereocenters. The van der Waals surface area contributed by atoms with Gasteiger partial charge in [-0.25, -0.2) is 0 Å². The highest BCUT2D eigenvalue weighted by Gasteiger charge is 2.22. The maximum absolute atomic E-state index is 10.9.